The zero-order valence-electron chi connectivity index (χ0n) is 16.3. The Bertz CT molecular complexity index is 1170. The topological polar surface area (TPSA) is 60.6 Å². The summed E-state index contributed by atoms with van der Waals surface area (Å²) in [5.41, 5.74) is 3.89. The van der Waals surface area contributed by atoms with E-state index in [1.807, 2.05) is 18.4 Å². The zero-order valence-corrected chi connectivity index (χ0v) is 17.1. The van der Waals surface area contributed by atoms with E-state index < -0.39 is 0 Å². The van der Waals surface area contributed by atoms with E-state index in [2.05, 4.69) is 38.1 Å². The molecule has 1 N–H and O–H groups in total. The molecule has 148 valence electrons. The third-order valence-corrected chi connectivity index (χ3v) is 5.77. The Hall–Kier alpha value is -3.00. The Balaban J connectivity index is 1.39. The van der Waals surface area contributed by atoms with Crippen molar-refractivity contribution in [3.63, 3.8) is 0 Å². The molecule has 3 aromatic heterocycles. The van der Waals surface area contributed by atoms with Crippen molar-refractivity contribution in [1.29, 1.82) is 0 Å². The number of aromatic nitrogens is 5. The fourth-order valence-corrected chi connectivity index (χ4v) is 4.04. The summed E-state index contributed by atoms with van der Waals surface area (Å²) < 4.78 is 18.4. The van der Waals surface area contributed by atoms with Crippen molar-refractivity contribution in [3.05, 3.63) is 59.4 Å². The van der Waals surface area contributed by atoms with E-state index in [0.717, 1.165) is 40.0 Å². The number of aryl methyl sites for hydroxylation is 2. The summed E-state index contributed by atoms with van der Waals surface area (Å²) in [5, 5.41) is 10.8. The molecule has 29 heavy (non-hydrogen) atoms. The SMILES string of the molecule is CCc1cc(Nc2nc(-c3ccc(-n4cnc(C)c4)c(F)c3)cs2)n(C2CC2)n1. The van der Waals surface area contributed by atoms with Gasteiger partial charge in [-0.15, -0.1) is 11.3 Å². The number of nitrogens with one attached hydrogen (secondary N) is 1. The molecule has 0 spiro atoms. The highest BCUT2D eigenvalue weighted by Gasteiger charge is 2.27. The second-order valence-corrected chi connectivity index (χ2v) is 8.16. The fourth-order valence-electron chi connectivity index (χ4n) is 3.31. The molecule has 1 aliphatic carbocycles. The van der Waals surface area contributed by atoms with E-state index >= 15 is 0 Å². The monoisotopic (exact) mass is 408 g/mol. The number of anilines is 2. The van der Waals surface area contributed by atoms with E-state index in [0.29, 0.717) is 11.7 Å². The molecule has 0 bridgehead atoms. The molecule has 0 aliphatic heterocycles. The number of thiazole rings is 1. The van der Waals surface area contributed by atoms with Gasteiger partial charge in [0.2, 0.25) is 0 Å². The molecule has 0 unspecified atom stereocenters. The molecule has 1 fully saturated rings. The summed E-state index contributed by atoms with van der Waals surface area (Å²) in [6.07, 6.45) is 6.66. The maximum Gasteiger partial charge on any atom is 0.188 e. The van der Waals surface area contributed by atoms with Gasteiger partial charge < -0.3 is 9.88 Å². The van der Waals surface area contributed by atoms with Crippen LogP contribution in [-0.4, -0.2) is 24.3 Å². The van der Waals surface area contributed by atoms with Crippen molar-refractivity contribution in [1.82, 2.24) is 24.3 Å². The van der Waals surface area contributed by atoms with Gasteiger partial charge in [-0.1, -0.05) is 13.0 Å². The molecule has 4 aromatic rings. The second kappa shape index (κ2) is 7.11. The predicted octanol–water partition coefficient (Wildman–Crippen LogP) is 5.28. The van der Waals surface area contributed by atoms with Gasteiger partial charge in [-0.05, 0) is 38.3 Å². The van der Waals surface area contributed by atoms with Gasteiger partial charge in [-0.2, -0.15) is 5.10 Å². The van der Waals surface area contributed by atoms with Crippen molar-refractivity contribution in [2.75, 3.05) is 5.32 Å². The first kappa shape index (κ1) is 18.1. The van der Waals surface area contributed by atoms with Crippen LogP contribution in [0, 0.1) is 12.7 Å². The van der Waals surface area contributed by atoms with Gasteiger partial charge in [-0.3, -0.25) is 0 Å². The van der Waals surface area contributed by atoms with Gasteiger partial charge in [-0.25, -0.2) is 19.0 Å². The number of hydrogen-bond donors (Lipinski definition) is 1. The highest BCUT2D eigenvalue weighted by Crippen LogP contribution is 2.38. The highest BCUT2D eigenvalue weighted by molar-refractivity contribution is 7.14. The number of nitrogens with zero attached hydrogens (tertiary/aromatic N) is 5. The van der Waals surface area contributed by atoms with Crippen molar-refractivity contribution in [2.24, 2.45) is 0 Å². The number of rotatable bonds is 6. The molecule has 3 heterocycles. The fraction of sp³-hybridized carbons (Fsp3) is 0.286. The lowest BCUT2D eigenvalue weighted by Crippen LogP contribution is -2.02. The average molecular weight is 409 g/mol. The lowest BCUT2D eigenvalue weighted by atomic mass is 10.1. The summed E-state index contributed by atoms with van der Waals surface area (Å²) in [4.78, 5) is 8.82. The van der Waals surface area contributed by atoms with Crippen LogP contribution in [0.15, 0.2) is 42.2 Å². The van der Waals surface area contributed by atoms with Crippen LogP contribution >= 0.6 is 11.3 Å². The first-order valence-electron chi connectivity index (χ1n) is 9.72. The van der Waals surface area contributed by atoms with Gasteiger partial charge >= 0.3 is 0 Å². The average Bonchev–Trinajstić information content (AvgIpc) is 3.11. The predicted molar refractivity (Wildman–Crippen MR) is 113 cm³/mol. The quantitative estimate of drug-likeness (QED) is 0.471. The first-order chi connectivity index (χ1) is 14.1. The molecule has 1 aromatic carbocycles. The standard InChI is InChI=1S/C21H21FN6S/c1-3-15-9-20(28(26-15)16-5-6-16)25-21-24-18(11-29-21)14-4-7-19(17(22)8-14)27-10-13(2)23-12-27/h4,7-12,16H,3,5-6H2,1-2H3,(H,24,25). The van der Waals surface area contributed by atoms with Gasteiger partial charge in [0.05, 0.1) is 35.1 Å². The molecular weight excluding hydrogens is 387 g/mol. The van der Waals surface area contributed by atoms with Gasteiger partial charge in [0.1, 0.15) is 11.6 Å². The first-order valence-corrected chi connectivity index (χ1v) is 10.6. The highest BCUT2D eigenvalue weighted by atomic mass is 32.1. The summed E-state index contributed by atoms with van der Waals surface area (Å²) in [6.45, 7) is 3.99. The Morgan fingerprint density at radius 2 is 2.14 bits per heavy atom. The van der Waals surface area contributed by atoms with E-state index in [1.165, 1.54) is 30.2 Å². The second-order valence-electron chi connectivity index (χ2n) is 7.30. The van der Waals surface area contributed by atoms with Crippen LogP contribution in [0.4, 0.5) is 15.3 Å². The Kier molecular flexibility index (Phi) is 4.43. The zero-order chi connectivity index (χ0) is 20.0. The molecule has 6 nitrogen and oxygen atoms in total. The normalized spacial score (nSPS) is 13.8. The molecule has 0 amide bonds. The Morgan fingerprint density at radius 1 is 1.28 bits per heavy atom. The molecule has 8 heteroatoms. The summed E-state index contributed by atoms with van der Waals surface area (Å²) >= 11 is 1.51. The Morgan fingerprint density at radius 3 is 2.83 bits per heavy atom. The van der Waals surface area contributed by atoms with Crippen LogP contribution in [0.5, 0.6) is 0 Å². The molecule has 1 saturated carbocycles. The van der Waals surface area contributed by atoms with Crippen LogP contribution in [0.2, 0.25) is 0 Å². The van der Waals surface area contributed by atoms with Crippen LogP contribution in [0.3, 0.4) is 0 Å². The summed E-state index contributed by atoms with van der Waals surface area (Å²) in [6, 6.07) is 7.74. The number of imidazole rings is 1. The van der Waals surface area contributed by atoms with E-state index in [1.54, 1.807) is 23.2 Å². The van der Waals surface area contributed by atoms with E-state index in [4.69, 9.17) is 0 Å². The minimum atomic E-state index is -0.304. The van der Waals surface area contributed by atoms with E-state index in [-0.39, 0.29) is 5.82 Å². The number of halogens is 1. The van der Waals surface area contributed by atoms with Crippen LogP contribution < -0.4 is 5.32 Å². The Labute approximate surface area is 172 Å². The largest absolute Gasteiger partial charge is 0.316 e. The lowest BCUT2D eigenvalue weighted by Gasteiger charge is -2.06. The summed E-state index contributed by atoms with van der Waals surface area (Å²) in [7, 11) is 0. The number of benzene rings is 1. The van der Waals surface area contributed by atoms with Gasteiger partial charge in [0.15, 0.2) is 5.13 Å². The van der Waals surface area contributed by atoms with Crippen LogP contribution in [0.25, 0.3) is 16.9 Å². The summed E-state index contributed by atoms with van der Waals surface area (Å²) in [5.74, 6) is 0.670. The van der Waals surface area contributed by atoms with Crippen molar-refractivity contribution in [2.45, 2.75) is 39.2 Å². The van der Waals surface area contributed by atoms with Crippen molar-refractivity contribution in [3.8, 4) is 16.9 Å². The molecule has 5 rings (SSSR count). The minimum Gasteiger partial charge on any atom is -0.316 e. The third-order valence-electron chi connectivity index (χ3n) is 5.01. The van der Waals surface area contributed by atoms with Gasteiger partial charge in [0.25, 0.3) is 0 Å². The molecular formula is C21H21FN6S. The lowest BCUT2D eigenvalue weighted by molar-refractivity contribution is 0.618. The van der Waals surface area contributed by atoms with Crippen molar-refractivity contribution >= 4 is 22.3 Å². The maximum absolute atomic E-state index is 14.7. The molecule has 0 atom stereocenters. The minimum absolute atomic E-state index is 0.304. The number of hydrogen-bond acceptors (Lipinski definition) is 5. The smallest absolute Gasteiger partial charge is 0.188 e. The molecule has 1 aliphatic rings. The van der Waals surface area contributed by atoms with Gasteiger partial charge in [0, 0.05) is 23.2 Å². The van der Waals surface area contributed by atoms with Crippen LogP contribution in [-0.2, 0) is 6.42 Å². The van der Waals surface area contributed by atoms with Crippen LogP contribution in [0.1, 0.15) is 37.2 Å². The third kappa shape index (κ3) is 3.55. The van der Waals surface area contributed by atoms with E-state index in [9.17, 15) is 4.39 Å². The molecule has 0 radical (unpaired) electrons. The maximum atomic E-state index is 14.7. The van der Waals surface area contributed by atoms with Crippen molar-refractivity contribution < 1.29 is 4.39 Å². The molecule has 0 saturated heterocycles.